The minimum Gasteiger partial charge on any atom is -0.449 e. The number of amides is 1. The number of nitrogens with one attached hydrogen (secondary N) is 2. The van der Waals surface area contributed by atoms with Crippen LogP contribution in [0.15, 0.2) is 47.4 Å². The first-order valence-electron chi connectivity index (χ1n) is 7.93. The fourth-order valence-electron chi connectivity index (χ4n) is 2.14. The van der Waals surface area contributed by atoms with E-state index in [1.807, 2.05) is 6.07 Å². The van der Waals surface area contributed by atoms with Crippen molar-refractivity contribution in [2.75, 3.05) is 12.4 Å². The normalized spacial score (nSPS) is 11.9. The number of halogens is 1. The monoisotopic (exact) mass is 421 g/mol. The Morgan fingerprint density at radius 3 is 2.57 bits per heavy atom. The smallest absolute Gasteiger partial charge is 0.338 e. The van der Waals surface area contributed by atoms with Gasteiger partial charge in [-0.3, -0.25) is 4.79 Å². The largest absolute Gasteiger partial charge is 0.449 e. The van der Waals surface area contributed by atoms with Crippen LogP contribution >= 0.6 is 11.6 Å². The molecule has 0 spiro atoms. The zero-order valence-electron chi connectivity index (χ0n) is 14.9. The molecule has 10 heteroatoms. The number of carbonyl (C=O) groups is 2. The predicted octanol–water partition coefficient (Wildman–Crippen LogP) is 2.30. The van der Waals surface area contributed by atoms with Gasteiger partial charge in [0.1, 0.15) is 4.90 Å². The summed E-state index contributed by atoms with van der Waals surface area (Å²) in [7, 11) is -2.66. The fraction of sp³-hybridized carbons (Fsp3) is 0.167. The van der Waals surface area contributed by atoms with E-state index < -0.39 is 28.0 Å². The third-order valence-corrected chi connectivity index (χ3v) is 5.53. The topological polar surface area (TPSA) is 125 Å². The van der Waals surface area contributed by atoms with E-state index in [1.165, 1.54) is 32.2 Å². The first kappa shape index (κ1) is 21.4. The van der Waals surface area contributed by atoms with E-state index in [0.717, 1.165) is 6.07 Å². The molecule has 1 atom stereocenters. The van der Waals surface area contributed by atoms with Gasteiger partial charge in [-0.05, 0) is 50.4 Å². The molecule has 2 N–H and O–H groups in total. The highest BCUT2D eigenvalue weighted by molar-refractivity contribution is 7.89. The molecule has 2 rings (SSSR count). The van der Waals surface area contributed by atoms with Crippen LogP contribution in [0, 0.1) is 11.3 Å². The SMILES string of the molecule is CNS(=O)(=O)c1cc(C(=O)O[C@@H](C)C(=O)Nc2cccc(C#N)c2)ccc1Cl. The number of anilines is 1. The van der Waals surface area contributed by atoms with Crippen molar-refractivity contribution in [2.24, 2.45) is 0 Å². The second-order valence-corrected chi connectivity index (χ2v) is 7.84. The third-order valence-electron chi connectivity index (χ3n) is 3.64. The lowest BCUT2D eigenvalue weighted by Gasteiger charge is -2.14. The number of ether oxygens (including phenoxy) is 1. The Morgan fingerprint density at radius 1 is 1.21 bits per heavy atom. The molecule has 2 aromatic carbocycles. The zero-order valence-corrected chi connectivity index (χ0v) is 16.5. The van der Waals surface area contributed by atoms with Crippen molar-refractivity contribution in [2.45, 2.75) is 17.9 Å². The predicted molar refractivity (Wildman–Crippen MR) is 102 cm³/mol. The fourth-order valence-corrected chi connectivity index (χ4v) is 3.39. The minimum absolute atomic E-state index is 0.0610. The van der Waals surface area contributed by atoms with Crippen molar-refractivity contribution in [3.63, 3.8) is 0 Å². The van der Waals surface area contributed by atoms with Crippen molar-refractivity contribution in [3.05, 3.63) is 58.6 Å². The average molecular weight is 422 g/mol. The van der Waals surface area contributed by atoms with Gasteiger partial charge >= 0.3 is 5.97 Å². The molecular weight excluding hydrogens is 406 g/mol. The number of carbonyl (C=O) groups excluding carboxylic acids is 2. The van der Waals surface area contributed by atoms with Crippen molar-refractivity contribution >= 4 is 39.2 Å². The summed E-state index contributed by atoms with van der Waals surface area (Å²) >= 11 is 5.88. The third kappa shape index (κ3) is 5.07. The number of sulfonamides is 1. The van der Waals surface area contributed by atoms with Gasteiger partial charge in [0.15, 0.2) is 6.10 Å². The number of esters is 1. The van der Waals surface area contributed by atoms with Crippen molar-refractivity contribution in [3.8, 4) is 6.07 Å². The van der Waals surface area contributed by atoms with Gasteiger partial charge in [0.05, 0.1) is 22.2 Å². The zero-order chi connectivity index (χ0) is 20.9. The average Bonchev–Trinajstić information content (AvgIpc) is 2.68. The molecule has 1 amide bonds. The number of benzene rings is 2. The lowest BCUT2D eigenvalue weighted by Crippen LogP contribution is -2.30. The second kappa shape index (κ2) is 8.84. The lowest BCUT2D eigenvalue weighted by atomic mass is 10.2. The molecule has 0 heterocycles. The van der Waals surface area contributed by atoms with Crippen LogP contribution in [0.4, 0.5) is 5.69 Å². The van der Waals surface area contributed by atoms with Crippen LogP contribution in [0.5, 0.6) is 0 Å². The summed E-state index contributed by atoms with van der Waals surface area (Å²) in [5.74, 6) is -1.50. The molecule has 0 aliphatic carbocycles. The standard InChI is InChI=1S/C18H16ClN3O5S/c1-11(17(23)22-14-5-3-4-12(8-14)10-20)27-18(24)13-6-7-15(19)16(9-13)28(25,26)21-2/h3-9,11,21H,1-2H3,(H,22,23)/t11-/m0/s1. The number of nitrogens with zero attached hydrogens (tertiary/aromatic N) is 1. The summed E-state index contributed by atoms with van der Waals surface area (Å²) in [4.78, 5) is 24.2. The summed E-state index contributed by atoms with van der Waals surface area (Å²) in [6.45, 7) is 1.36. The molecule has 0 radical (unpaired) electrons. The molecule has 146 valence electrons. The number of nitriles is 1. The van der Waals surface area contributed by atoms with E-state index in [0.29, 0.717) is 11.3 Å². The van der Waals surface area contributed by atoms with E-state index >= 15 is 0 Å². The van der Waals surface area contributed by atoms with Gasteiger partial charge in [0.25, 0.3) is 5.91 Å². The second-order valence-electron chi connectivity index (χ2n) is 5.58. The van der Waals surface area contributed by atoms with E-state index in [1.54, 1.807) is 18.2 Å². The van der Waals surface area contributed by atoms with E-state index in [9.17, 15) is 18.0 Å². The Balaban J connectivity index is 2.12. The van der Waals surface area contributed by atoms with Gasteiger partial charge in [-0.15, -0.1) is 0 Å². The van der Waals surface area contributed by atoms with Gasteiger partial charge in [0, 0.05) is 5.69 Å². The van der Waals surface area contributed by atoms with Crippen LogP contribution in [-0.4, -0.2) is 33.4 Å². The molecule has 0 saturated heterocycles. The molecule has 0 aromatic heterocycles. The Morgan fingerprint density at radius 2 is 1.93 bits per heavy atom. The maximum atomic E-state index is 12.3. The molecule has 8 nitrogen and oxygen atoms in total. The molecule has 0 unspecified atom stereocenters. The Labute approximate surface area is 167 Å². The lowest BCUT2D eigenvalue weighted by molar-refractivity contribution is -0.123. The van der Waals surface area contributed by atoms with Crippen LogP contribution in [0.3, 0.4) is 0 Å². The van der Waals surface area contributed by atoms with Gasteiger partial charge in [-0.2, -0.15) is 5.26 Å². The summed E-state index contributed by atoms with van der Waals surface area (Å²) in [6, 6.07) is 11.8. The van der Waals surface area contributed by atoms with Crippen LogP contribution < -0.4 is 10.0 Å². The Kier molecular flexibility index (Phi) is 6.75. The molecule has 2 aromatic rings. The number of hydrogen-bond acceptors (Lipinski definition) is 6. The van der Waals surface area contributed by atoms with Crippen LogP contribution in [0.2, 0.25) is 5.02 Å². The molecule has 0 saturated carbocycles. The van der Waals surface area contributed by atoms with E-state index in [4.69, 9.17) is 21.6 Å². The molecule has 28 heavy (non-hydrogen) atoms. The van der Waals surface area contributed by atoms with Gasteiger partial charge < -0.3 is 10.1 Å². The molecule has 0 fully saturated rings. The Hall–Kier alpha value is -2.93. The van der Waals surface area contributed by atoms with Crippen molar-refractivity contribution < 1.29 is 22.7 Å². The molecular formula is C18H16ClN3O5S. The van der Waals surface area contributed by atoms with E-state index in [-0.39, 0.29) is 15.5 Å². The quantitative estimate of drug-likeness (QED) is 0.689. The van der Waals surface area contributed by atoms with Gasteiger partial charge in [-0.1, -0.05) is 17.7 Å². The summed E-state index contributed by atoms with van der Waals surface area (Å²) in [5, 5.41) is 11.4. The van der Waals surface area contributed by atoms with E-state index in [2.05, 4.69) is 10.0 Å². The first-order chi connectivity index (χ1) is 13.2. The Bertz CT molecular complexity index is 1060. The summed E-state index contributed by atoms with van der Waals surface area (Å²) in [5.41, 5.74) is 0.659. The maximum Gasteiger partial charge on any atom is 0.338 e. The number of hydrogen-bond donors (Lipinski definition) is 2. The highest BCUT2D eigenvalue weighted by Gasteiger charge is 2.22. The minimum atomic E-state index is -3.87. The molecule has 0 bridgehead atoms. The van der Waals surface area contributed by atoms with Crippen LogP contribution in [0.25, 0.3) is 0 Å². The van der Waals surface area contributed by atoms with Gasteiger partial charge in [-0.25, -0.2) is 17.9 Å². The highest BCUT2D eigenvalue weighted by atomic mass is 35.5. The molecule has 0 aliphatic rings. The first-order valence-corrected chi connectivity index (χ1v) is 9.79. The van der Waals surface area contributed by atoms with Crippen LogP contribution in [0.1, 0.15) is 22.8 Å². The number of rotatable bonds is 6. The van der Waals surface area contributed by atoms with Crippen molar-refractivity contribution in [1.82, 2.24) is 4.72 Å². The highest BCUT2D eigenvalue weighted by Crippen LogP contribution is 2.23. The molecule has 0 aliphatic heterocycles. The van der Waals surface area contributed by atoms with Crippen molar-refractivity contribution in [1.29, 1.82) is 5.26 Å². The van der Waals surface area contributed by atoms with Gasteiger partial charge in [0.2, 0.25) is 10.0 Å². The maximum absolute atomic E-state index is 12.3. The summed E-state index contributed by atoms with van der Waals surface area (Å²) < 4.78 is 31.1. The summed E-state index contributed by atoms with van der Waals surface area (Å²) in [6.07, 6.45) is -1.17. The van der Waals surface area contributed by atoms with Crippen LogP contribution in [-0.2, 0) is 19.6 Å².